The first-order valence-corrected chi connectivity index (χ1v) is 11.2. The van der Waals surface area contributed by atoms with Crippen molar-refractivity contribution in [2.75, 3.05) is 10.6 Å². The Labute approximate surface area is 211 Å². The van der Waals surface area contributed by atoms with Crippen LogP contribution in [0.2, 0.25) is 0 Å². The van der Waals surface area contributed by atoms with Gasteiger partial charge in [0.15, 0.2) is 0 Å². The highest BCUT2D eigenvalue weighted by molar-refractivity contribution is 7.84. The molecular weight excluding hydrogens is 483 g/mol. The SMILES string of the molecule is CC(=N)/C=C(\S)Nc1cc(NC(Cc2ccc(-n3ccccc3=O)cc2)C(N)=O)c(F)cc1C(N)=O. The van der Waals surface area contributed by atoms with Crippen LogP contribution in [-0.2, 0) is 11.2 Å². The van der Waals surface area contributed by atoms with Gasteiger partial charge in [0.2, 0.25) is 5.91 Å². The molecule has 7 N–H and O–H groups in total. The van der Waals surface area contributed by atoms with Crippen molar-refractivity contribution in [2.24, 2.45) is 11.5 Å². The molecule has 0 aliphatic heterocycles. The molecule has 0 radical (unpaired) electrons. The van der Waals surface area contributed by atoms with E-state index in [9.17, 15) is 18.8 Å². The Kier molecular flexibility index (Phi) is 8.28. The van der Waals surface area contributed by atoms with Crippen LogP contribution in [0.1, 0.15) is 22.8 Å². The average molecular weight is 509 g/mol. The first-order valence-electron chi connectivity index (χ1n) is 10.7. The van der Waals surface area contributed by atoms with Gasteiger partial charge in [0, 0.05) is 30.1 Å². The van der Waals surface area contributed by atoms with Crippen molar-refractivity contribution in [3.8, 4) is 5.69 Å². The number of carbonyl (C=O) groups excluding carboxylic acids is 2. The van der Waals surface area contributed by atoms with E-state index in [1.54, 1.807) is 42.6 Å². The van der Waals surface area contributed by atoms with Gasteiger partial charge in [0.25, 0.3) is 11.5 Å². The monoisotopic (exact) mass is 508 g/mol. The topological polar surface area (TPSA) is 156 Å². The van der Waals surface area contributed by atoms with E-state index in [1.807, 2.05) is 0 Å². The maximum atomic E-state index is 14.8. The van der Waals surface area contributed by atoms with Crippen LogP contribution in [0.5, 0.6) is 0 Å². The number of allylic oxidation sites excluding steroid dienone is 1. The molecule has 0 spiro atoms. The van der Waals surface area contributed by atoms with Crippen molar-refractivity contribution < 1.29 is 14.0 Å². The van der Waals surface area contributed by atoms with Crippen molar-refractivity contribution >= 4 is 41.5 Å². The predicted octanol–water partition coefficient (Wildman–Crippen LogP) is 2.81. The van der Waals surface area contributed by atoms with Crippen LogP contribution in [-0.4, -0.2) is 28.1 Å². The summed E-state index contributed by atoms with van der Waals surface area (Å²) in [5.74, 6) is -2.41. The van der Waals surface area contributed by atoms with E-state index >= 15 is 0 Å². The lowest BCUT2D eigenvalue weighted by atomic mass is 10.0. The average Bonchev–Trinajstić information content (AvgIpc) is 2.80. The second-order valence-electron chi connectivity index (χ2n) is 7.96. The summed E-state index contributed by atoms with van der Waals surface area (Å²) < 4.78 is 16.3. The van der Waals surface area contributed by atoms with Crippen LogP contribution in [0.4, 0.5) is 15.8 Å². The molecular formula is C25H25FN6O3S. The molecule has 0 fully saturated rings. The van der Waals surface area contributed by atoms with Gasteiger partial charge in [-0.2, -0.15) is 0 Å². The second-order valence-corrected chi connectivity index (χ2v) is 8.44. The number of rotatable bonds is 10. The van der Waals surface area contributed by atoms with Crippen LogP contribution >= 0.6 is 12.6 Å². The molecule has 2 aromatic carbocycles. The zero-order valence-electron chi connectivity index (χ0n) is 19.3. The van der Waals surface area contributed by atoms with Crippen LogP contribution < -0.4 is 27.7 Å². The lowest BCUT2D eigenvalue weighted by Gasteiger charge is -2.20. The lowest BCUT2D eigenvalue weighted by Crippen LogP contribution is -2.37. The van der Waals surface area contributed by atoms with E-state index in [1.165, 1.54) is 29.7 Å². The van der Waals surface area contributed by atoms with Crippen LogP contribution in [0.15, 0.2) is 76.7 Å². The van der Waals surface area contributed by atoms with Gasteiger partial charge in [-0.3, -0.25) is 19.0 Å². The number of nitrogens with two attached hydrogens (primary N) is 2. The summed E-state index contributed by atoms with van der Waals surface area (Å²) in [7, 11) is 0. The van der Waals surface area contributed by atoms with E-state index in [2.05, 4.69) is 23.3 Å². The number of aromatic nitrogens is 1. The van der Waals surface area contributed by atoms with E-state index in [4.69, 9.17) is 16.9 Å². The molecule has 1 unspecified atom stereocenters. The highest BCUT2D eigenvalue weighted by atomic mass is 32.1. The molecule has 9 nitrogen and oxygen atoms in total. The van der Waals surface area contributed by atoms with Crippen LogP contribution in [0, 0.1) is 11.2 Å². The molecule has 186 valence electrons. The summed E-state index contributed by atoms with van der Waals surface area (Å²) in [4.78, 5) is 36.0. The van der Waals surface area contributed by atoms with E-state index in [-0.39, 0.29) is 39.7 Å². The van der Waals surface area contributed by atoms with Crippen molar-refractivity contribution in [1.82, 2.24) is 4.57 Å². The number of anilines is 2. The molecule has 11 heteroatoms. The number of pyridine rings is 1. The van der Waals surface area contributed by atoms with Crippen LogP contribution in [0.25, 0.3) is 5.69 Å². The summed E-state index contributed by atoms with van der Waals surface area (Å²) in [6.07, 6.45) is 3.16. The standard InChI is InChI=1S/C25H25FN6O3S/c1-14(27)10-22(36)31-19-13-20(18(26)12-17(19)24(28)34)30-21(25(29)35)11-15-5-7-16(8-6-15)32-9-3-2-4-23(32)33/h2-10,12-13,21,27,30-31,36H,11H2,1H3,(H2,28,34)(H2,29,35)/b22-10-,27-14?. The zero-order valence-corrected chi connectivity index (χ0v) is 20.2. The van der Waals surface area contributed by atoms with Gasteiger partial charge in [0.05, 0.1) is 22.0 Å². The Balaban J connectivity index is 1.87. The Morgan fingerprint density at radius 3 is 2.42 bits per heavy atom. The summed E-state index contributed by atoms with van der Waals surface area (Å²) in [6, 6.07) is 13.0. The number of nitrogens with one attached hydrogen (secondary N) is 3. The first-order chi connectivity index (χ1) is 17.0. The van der Waals surface area contributed by atoms with E-state index < -0.39 is 23.7 Å². The molecule has 0 saturated heterocycles. The Morgan fingerprint density at radius 1 is 1.14 bits per heavy atom. The van der Waals surface area contributed by atoms with Gasteiger partial charge in [-0.15, -0.1) is 12.6 Å². The van der Waals surface area contributed by atoms with Crippen molar-refractivity contribution in [3.05, 3.63) is 99.2 Å². The summed E-state index contributed by atoms with van der Waals surface area (Å²) in [5.41, 5.74) is 12.2. The third-order valence-electron chi connectivity index (χ3n) is 5.14. The molecule has 0 aliphatic carbocycles. The van der Waals surface area contributed by atoms with Crippen molar-refractivity contribution in [1.29, 1.82) is 5.41 Å². The molecule has 3 rings (SSSR count). The minimum atomic E-state index is -0.994. The number of halogens is 1. The minimum absolute atomic E-state index is 0.0912. The second kappa shape index (κ2) is 11.4. The number of primary amides is 2. The van der Waals surface area contributed by atoms with Crippen molar-refractivity contribution in [3.63, 3.8) is 0 Å². The summed E-state index contributed by atoms with van der Waals surface area (Å²) in [5, 5.41) is 13.3. The number of hydrogen-bond donors (Lipinski definition) is 6. The smallest absolute Gasteiger partial charge is 0.255 e. The van der Waals surface area contributed by atoms with E-state index in [0.29, 0.717) is 11.3 Å². The first kappa shape index (κ1) is 26.2. The number of hydrogen-bond acceptors (Lipinski definition) is 7. The molecule has 0 bridgehead atoms. The minimum Gasteiger partial charge on any atom is -0.371 e. The molecule has 0 aliphatic rings. The van der Waals surface area contributed by atoms with E-state index in [0.717, 1.165) is 6.07 Å². The summed E-state index contributed by atoms with van der Waals surface area (Å²) in [6.45, 7) is 1.53. The predicted molar refractivity (Wildman–Crippen MR) is 141 cm³/mol. The number of amides is 2. The third kappa shape index (κ3) is 6.60. The maximum Gasteiger partial charge on any atom is 0.255 e. The fraction of sp³-hybridized carbons (Fsp3) is 0.120. The van der Waals surface area contributed by atoms with Gasteiger partial charge in [-0.1, -0.05) is 18.2 Å². The molecule has 0 saturated carbocycles. The Bertz CT molecular complexity index is 1400. The highest BCUT2D eigenvalue weighted by Crippen LogP contribution is 2.27. The van der Waals surface area contributed by atoms with Gasteiger partial charge in [-0.25, -0.2) is 4.39 Å². The molecule has 1 aromatic heterocycles. The fourth-order valence-corrected chi connectivity index (χ4v) is 3.76. The quantitative estimate of drug-likeness (QED) is 0.183. The molecule has 1 heterocycles. The number of thiol groups is 1. The third-order valence-corrected chi connectivity index (χ3v) is 5.38. The molecule has 2 amide bonds. The number of nitrogens with zero attached hydrogens (tertiary/aromatic N) is 1. The number of benzene rings is 2. The fourth-order valence-electron chi connectivity index (χ4n) is 3.45. The largest absolute Gasteiger partial charge is 0.371 e. The zero-order chi connectivity index (χ0) is 26.4. The molecule has 3 aromatic rings. The Morgan fingerprint density at radius 2 is 1.83 bits per heavy atom. The van der Waals surface area contributed by atoms with Gasteiger partial charge >= 0.3 is 0 Å². The van der Waals surface area contributed by atoms with Gasteiger partial charge in [-0.05, 0) is 48.9 Å². The van der Waals surface area contributed by atoms with Crippen molar-refractivity contribution in [2.45, 2.75) is 19.4 Å². The lowest BCUT2D eigenvalue weighted by molar-refractivity contribution is -0.118. The molecule has 1 atom stereocenters. The van der Waals surface area contributed by atoms with Gasteiger partial charge in [0.1, 0.15) is 11.9 Å². The number of carbonyl (C=O) groups is 2. The highest BCUT2D eigenvalue weighted by Gasteiger charge is 2.20. The van der Waals surface area contributed by atoms with Gasteiger partial charge < -0.3 is 27.5 Å². The molecule has 36 heavy (non-hydrogen) atoms. The Hall–Kier alpha value is -4.38. The van der Waals surface area contributed by atoms with Crippen LogP contribution in [0.3, 0.4) is 0 Å². The summed E-state index contributed by atoms with van der Waals surface area (Å²) >= 11 is 4.21. The maximum absolute atomic E-state index is 14.8. The normalized spacial score (nSPS) is 12.0.